The van der Waals surface area contributed by atoms with Gasteiger partial charge in [0.1, 0.15) is 11.7 Å². The van der Waals surface area contributed by atoms with Crippen molar-refractivity contribution < 1.29 is 23.1 Å². The number of hydrogen-bond donors (Lipinski definition) is 4. The zero-order valence-electron chi connectivity index (χ0n) is 23.8. The summed E-state index contributed by atoms with van der Waals surface area (Å²) < 4.78 is 25.6. The van der Waals surface area contributed by atoms with Crippen LogP contribution in [-0.4, -0.2) is 83.5 Å². The number of sulfonamides is 1. The van der Waals surface area contributed by atoms with Gasteiger partial charge in [0.15, 0.2) is 5.15 Å². The van der Waals surface area contributed by atoms with Crippen LogP contribution >= 0.6 is 11.6 Å². The Kier molecular flexibility index (Phi) is 8.50. The van der Waals surface area contributed by atoms with E-state index in [1.54, 1.807) is 53.4 Å². The molecule has 2 saturated heterocycles. The molecule has 3 aromatic rings. The van der Waals surface area contributed by atoms with Crippen LogP contribution in [0.15, 0.2) is 48.5 Å². The van der Waals surface area contributed by atoms with Crippen LogP contribution in [0.5, 0.6) is 0 Å². The SMILES string of the molecule is CN(C(=O)O)c1ccc(-c2[nH]c([C@@H]3C[C@H](C4CCN(S(C)(=O)=O)CC4)CN3C(=O)c3ccc(C(=N)N)cc3)nc2Cl)cc1. The number of anilines is 1. The van der Waals surface area contributed by atoms with Gasteiger partial charge in [0.05, 0.1) is 18.0 Å². The van der Waals surface area contributed by atoms with Crippen LogP contribution in [0.4, 0.5) is 10.5 Å². The number of aromatic amines is 1. The Labute approximate surface area is 255 Å². The highest BCUT2D eigenvalue weighted by molar-refractivity contribution is 7.88. The normalized spacial score (nSPS) is 19.8. The number of carboxylic acid groups (broad SMARTS) is 1. The van der Waals surface area contributed by atoms with Gasteiger partial charge in [0.25, 0.3) is 5.91 Å². The van der Waals surface area contributed by atoms with Crippen molar-refractivity contribution in [3.8, 4) is 11.3 Å². The van der Waals surface area contributed by atoms with Crippen LogP contribution < -0.4 is 10.6 Å². The number of halogens is 1. The smallest absolute Gasteiger partial charge is 0.411 e. The van der Waals surface area contributed by atoms with E-state index in [0.29, 0.717) is 72.8 Å². The zero-order chi connectivity index (χ0) is 31.1. The van der Waals surface area contributed by atoms with Crippen molar-refractivity contribution in [1.82, 2.24) is 19.2 Å². The fourth-order valence-electron chi connectivity index (χ4n) is 6.01. The number of amidine groups is 1. The molecule has 2 amide bonds. The molecule has 0 bridgehead atoms. The predicted molar refractivity (Wildman–Crippen MR) is 164 cm³/mol. The molecule has 2 fully saturated rings. The van der Waals surface area contributed by atoms with E-state index in [0.717, 1.165) is 4.90 Å². The van der Waals surface area contributed by atoms with Crippen molar-refractivity contribution >= 4 is 45.1 Å². The van der Waals surface area contributed by atoms with Crippen LogP contribution in [0.3, 0.4) is 0 Å². The third-order valence-electron chi connectivity index (χ3n) is 8.50. The molecule has 5 rings (SSSR count). The second-order valence-electron chi connectivity index (χ2n) is 11.1. The molecule has 3 heterocycles. The van der Waals surface area contributed by atoms with Gasteiger partial charge >= 0.3 is 6.09 Å². The standard InChI is InChI=1S/C29H34ClN7O5S/c1-35(29(39)40)22-9-7-18(8-10-22)24-25(30)34-27(33-24)23-15-21(17-11-13-36(14-12-17)43(2,41)42)16-37(23)28(38)20-5-3-19(4-6-20)26(31)32/h3-10,17,21,23H,11-16H2,1-2H3,(H3,31,32)(H,33,34)(H,39,40)/t21-,23-/m0/s1. The Bertz CT molecular complexity index is 1630. The molecule has 0 radical (unpaired) electrons. The van der Waals surface area contributed by atoms with Crippen LogP contribution in [-0.2, 0) is 10.0 Å². The zero-order valence-corrected chi connectivity index (χ0v) is 25.4. The summed E-state index contributed by atoms with van der Waals surface area (Å²) in [4.78, 5) is 36.0. The van der Waals surface area contributed by atoms with Gasteiger partial charge in [0, 0.05) is 49.1 Å². The number of H-pyrrole nitrogens is 1. The number of amides is 2. The minimum Gasteiger partial charge on any atom is -0.465 e. The molecule has 5 N–H and O–H groups in total. The minimum atomic E-state index is -3.25. The maximum atomic E-state index is 13.9. The number of aromatic nitrogens is 2. The summed E-state index contributed by atoms with van der Waals surface area (Å²) in [7, 11) is -1.80. The summed E-state index contributed by atoms with van der Waals surface area (Å²) in [6.45, 7) is 1.38. The summed E-state index contributed by atoms with van der Waals surface area (Å²) in [6.07, 6.45) is 2.20. The maximum Gasteiger partial charge on any atom is 0.411 e. The highest BCUT2D eigenvalue weighted by atomic mass is 35.5. The average molecular weight is 628 g/mol. The molecule has 228 valence electrons. The molecule has 2 aliphatic heterocycles. The molecule has 2 aromatic carbocycles. The van der Waals surface area contributed by atoms with E-state index in [1.807, 2.05) is 0 Å². The van der Waals surface area contributed by atoms with Crippen LogP contribution in [0.25, 0.3) is 11.3 Å². The molecule has 14 heteroatoms. The first-order valence-electron chi connectivity index (χ1n) is 13.9. The average Bonchev–Trinajstić information content (AvgIpc) is 3.60. The molecular weight excluding hydrogens is 594 g/mol. The molecule has 0 aliphatic carbocycles. The Balaban J connectivity index is 1.43. The molecule has 1 aromatic heterocycles. The Morgan fingerprint density at radius 3 is 2.23 bits per heavy atom. The lowest BCUT2D eigenvalue weighted by atomic mass is 9.83. The molecule has 2 atom stereocenters. The Morgan fingerprint density at radius 2 is 1.67 bits per heavy atom. The van der Waals surface area contributed by atoms with Gasteiger partial charge in [-0.2, -0.15) is 0 Å². The first-order chi connectivity index (χ1) is 20.3. The fourth-order valence-corrected chi connectivity index (χ4v) is 7.13. The van der Waals surface area contributed by atoms with E-state index in [2.05, 4.69) is 9.97 Å². The molecule has 2 aliphatic rings. The van der Waals surface area contributed by atoms with Crippen molar-refractivity contribution in [2.75, 3.05) is 37.8 Å². The van der Waals surface area contributed by atoms with E-state index in [9.17, 15) is 23.1 Å². The first-order valence-corrected chi connectivity index (χ1v) is 16.1. The molecule has 0 saturated carbocycles. The van der Waals surface area contributed by atoms with Gasteiger partial charge in [-0.15, -0.1) is 0 Å². The van der Waals surface area contributed by atoms with E-state index in [-0.39, 0.29) is 28.7 Å². The summed E-state index contributed by atoms with van der Waals surface area (Å²) in [6, 6.07) is 13.1. The molecule has 0 unspecified atom stereocenters. The fraction of sp³-hybridized carbons (Fsp3) is 0.379. The predicted octanol–water partition coefficient (Wildman–Crippen LogP) is 4.00. The third-order valence-corrected chi connectivity index (χ3v) is 10.1. The monoisotopic (exact) mass is 627 g/mol. The van der Waals surface area contributed by atoms with Crippen molar-refractivity contribution in [2.24, 2.45) is 17.6 Å². The first kappa shape index (κ1) is 30.5. The quantitative estimate of drug-likeness (QED) is 0.226. The van der Waals surface area contributed by atoms with Crippen molar-refractivity contribution in [1.29, 1.82) is 5.41 Å². The summed E-state index contributed by atoms with van der Waals surface area (Å²) >= 11 is 6.60. The topological polar surface area (TPSA) is 177 Å². The van der Waals surface area contributed by atoms with Crippen molar-refractivity contribution in [3.63, 3.8) is 0 Å². The number of imidazole rings is 1. The Hall–Kier alpha value is -3.94. The van der Waals surface area contributed by atoms with Crippen molar-refractivity contribution in [3.05, 3.63) is 70.6 Å². The minimum absolute atomic E-state index is 0.0843. The van der Waals surface area contributed by atoms with E-state index in [1.165, 1.54) is 17.6 Å². The number of nitrogens with zero attached hydrogens (tertiary/aromatic N) is 4. The lowest BCUT2D eigenvalue weighted by Crippen LogP contribution is -2.40. The van der Waals surface area contributed by atoms with E-state index >= 15 is 0 Å². The number of carbonyl (C=O) groups excluding carboxylic acids is 1. The van der Waals surface area contributed by atoms with Crippen LogP contribution in [0.2, 0.25) is 5.15 Å². The number of nitrogens with one attached hydrogen (secondary N) is 2. The van der Waals surface area contributed by atoms with Crippen LogP contribution in [0.1, 0.15) is 47.1 Å². The summed E-state index contributed by atoms with van der Waals surface area (Å²) in [5.74, 6) is 0.633. The lowest BCUT2D eigenvalue weighted by molar-refractivity contribution is 0.0720. The highest BCUT2D eigenvalue weighted by Gasteiger charge is 2.42. The number of hydrogen-bond acceptors (Lipinski definition) is 6. The number of likely N-dealkylation sites (tertiary alicyclic amines) is 1. The van der Waals surface area contributed by atoms with Gasteiger partial charge in [-0.1, -0.05) is 35.9 Å². The van der Waals surface area contributed by atoms with Gasteiger partial charge in [-0.25, -0.2) is 22.5 Å². The van der Waals surface area contributed by atoms with Crippen LogP contribution in [0, 0.1) is 17.2 Å². The molecule has 0 spiro atoms. The van der Waals surface area contributed by atoms with Gasteiger partial charge in [0.2, 0.25) is 10.0 Å². The number of nitrogen functional groups attached to an aromatic ring is 1. The lowest BCUT2D eigenvalue weighted by Gasteiger charge is -2.33. The van der Waals surface area contributed by atoms with E-state index < -0.39 is 22.2 Å². The molecule has 43 heavy (non-hydrogen) atoms. The molecular formula is C29H34ClN7O5S. The number of benzene rings is 2. The van der Waals surface area contributed by atoms with Gasteiger partial charge in [-0.05, 0) is 55.4 Å². The van der Waals surface area contributed by atoms with E-state index in [4.69, 9.17) is 22.7 Å². The van der Waals surface area contributed by atoms with Crippen molar-refractivity contribution in [2.45, 2.75) is 25.3 Å². The highest BCUT2D eigenvalue weighted by Crippen LogP contribution is 2.43. The van der Waals surface area contributed by atoms with Gasteiger partial charge in [-0.3, -0.25) is 15.1 Å². The molecule has 12 nitrogen and oxygen atoms in total. The number of rotatable bonds is 7. The second kappa shape index (κ2) is 12.0. The second-order valence-corrected chi connectivity index (χ2v) is 13.5. The maximum absolute atomic E-state index is 13.9. The Morgan fingerprint density at radius 1 is 1.07 bits per heavy atom. The number of piperidine rings is 1. The number of carbonyl (C=O) groups is 2. The largest absolute Gasteiger partial charge is 0.465 e. The third kappa shape index (κ3) is 6.38. The number of nitrogens with two attached hydrogens (primary N) is 1. The van der Waals surface area contributed by atoms with Gasteiger partial charge < -0.3 is 20.7 Å². The summed E-state index contributed by atoms with van der Waals surface area (Å²) in [5, 5.41) is 17.1. The summed E-state index contributed by atoms with van der Waals surface area (Å²) in [5.41, 5.74) is 8.34.